The van der Waals surface area contributed by atoms with Gasteiger partial charge in [-0.1, -0.05) is 0 Å². The van der Waals surface area contributed by atoms with Crippen molar-refractivity contribution in [2.24, 2.45) is 0 Å². The first-order valence-electron chi connectivity index (χ1n) is 4.94. The third-order valence-electron chi connectivity index (χ3n) is 2.18. The predicted octanol–water partition coefficient (Wildman–Crippen LogP) is 3.36. The standard InChI is InChI=1S/C11H20INO/c1-7(2)13(8(3)4)11(14)9(5)10(6)12/h7-8H,1-6H3/b10-9-. The van der Waals surface area contributed by atoms with Crippen LogP contribution in [0.4, 0.5) is 0 Å². The van der Waals surface area contributed by atoms with Crippen LogP contribution in [-0.2, 0) is 4.79 Å². The molecule has 0 bridgehead atoms. The van der Waals surface area contributed by atoms with Gasteiger partial charge in [-0.15, -0.1) is 0 Å². The Bertz CT molecular complexity index is 232. The molecular weight excluding hydrogens is 289 g/mol. The minimum atomic E-state index is 0.155. The zero-order valence-electron chi connectivity index (χ0n) is 9.89. The molecule has 0 aromatic carbocycles. The second-order valence-corrected chi connectivity index (χ2v) is 5.68. The third kappa shape index (κ3) is 3.59. The quantitative estimate of drug-likeness (QED) is 0.578. The van der Waals surface area contributed by atoms with Gasteiger partial charge in [-0.3, -0.25) is 4.79 Å². The van der Waals surface area contributed by atoms with Crippen LogP contribution in [0.5, 0.6) is 0 Å². The van der Waals surface area contributed by atoms with E-state index in [0.29, 0.717) is 0 Å². The number of nitrogens with zero attached hydrogens (tertiary/aromatic N) is 1. The number of hydrogen-bond acceptors (Lipinski definition) is 1. The highest BCUT2D eigenvalue weighted by molar-refractivity contribution is 14.1. The molecule has 82 valence electrons. The molecule has 0 saturated heterocycles. The Labute approximate surface area is 101 Å². The summed E-state index contributed by atoms with van der Waals surface area (Å²) in [6.45, 7) is 12.1. The summed E-state index contributed by atoms with van der Waals surface area (Å²) in [7, 11) is 0. The minimum Gasteiger partial charge on any atom is -0.334 e. The van der Waals surface area contributed by atoms with Gasteiger partial charge in [0.05, 0.1) is 0 Å². The third-order valence-corrected chi connectivity index (χ3v) is 2.99. The Balaban J connectivity index is 4.89. The molecule has 3 heteroatoms. The highest BCUT2D eigenvalue weighted by Crippen LogP contribution is 2.17. The number of halogens is 1. The predicted molar refractivity (Wildman–Crippen MR) is 69.5 cm³/mol. The lowest BCUT2D eigenvalue weighted by molar-refractivity contribution is -0.130. The van der Waals surface area contributed by atoms with Crippen LogP contribution in [0, 0.1) is 0 Å². The van der Waals surface area contributed by atoms with Crippen molar-refractivity contribution >= 4 is 28.5 Å². The van der Waals surface area contributed by atoms with E-state index in [-0.39, 0.29) is 18.0 Å². The van der Waals surface area contributed by atoms with Crippen molar-refractivity contribution in [3.8, 4) is 0 Å². The molecular formula is C11H20INO. The topological polar surface area (TPSA) is 20.3 Å². The summed E-state index contributed by atoms with van der Waals surface area (Å²) in [5.74, 6) is 0.155. The second kappa shape index (κ2) is 5.73. The van der Waals surface area contributed by atoms with E-state index < -0.39 is 0 Å². The molecule has 2 nitrogen and oxygen atoms in total. The first kappa shape index (κ1) is 13.9. The number of allylic oxidation sites excluding steroid dienone is 1. The van der Waals surface area contributed by atoms with E-state index in [1.54, 1.807) is 0 Å². The summed E-state index contributed by atoms with van der Waals surface area (Å²) in [6.07, 6.45) is 0. The lowest BCUT2D eigenvalue weighted by Crippen LogP contribution is -2.42. The molecule has 0 radical (unpaired) electrons. The molecule has 14 heavy (non-hydrogen) atoms. The van der Waals surface area contributed by atoms with E-state index in [0.717, 1.165) is 9.15 Å². The van der Waals surface area contributed by atoms with Gasteiger partial charge in [0.25, 0.3) is 5.91 Å². The molecule has 0 heterocycles. The van der Waals surface area contributed by atoms with Crippen LogP contribution in [-0.4, -0.2) is 22.9 Å². The maximum atomic E-state index is 12.0. The van der Waals surface area contributed by atoms with Crippen LogP contribution in [0.1, 0.15) is 41.5 Å². The fourth-order valence-corrected chi connectivity index (χ4v) is 1.64. The van der Waals surface area contributed by atoms with Gasteiger partial charge in [0, 0.05) is 17.7 Å². The van der Waals surface area contributed by atoms with Gasteiger partial charge in [-0.05, 0) is 67.7 Å². The molecule has 0 atom stereocenters. The molecule has 0 unspecified atom stereocenters. The number of hydrogen-bond donors (Lipinski definition) is 0. The lowest BCUT2D eigenvalue weighted by Gasteiger charge is -2.31. The van der Waals surface area contributed by atoms with Crippen LogP contribution in [0.15, 0.2) is 9.15 Å². The number of carbonyl (C=O) groups excluding carboxylic acids is 1. The molecule has 0 fully saturated rings. The first-order valence-corrected chi connectivity index (χ1v) is 6.02. The molecule has 0 saturated carbocycles. The van der Waals surface area contributed by atoms with Crippen molar-refractivity contribution in [3.05, 3.63) is 9.15 Å². The first-order chi connectivity index (χ1) is 6.29. The van der Waals surface area contributed by atoms with Gasteiger partial charge < -0.3 is 4.90 Å². The number of rotatable bonds is 3. The van der Waals surface area contributed by atoms with E-state index in [2.05, 4.69) is 22.6 Å². The summed E-state index contributed by atoms with van der Waals surface area (Å²) in [4.78, 5) is 13.9. The molecule has 0 aromatic heterocycles. The maximum absolute atomic E-state index is 12.0. The SMILES string of the molecule is C/C(I)=C(\C)C(=O)N(C(C)C)C(C)C. The Hall–Kier alpha value is -0.0600. The van der Waals surface area contributed by atoms with Crippen LogP contribution in [0.3, 0.4) is 0 Å². The van der Waals surface area contributed by atoms with Crippen molar-refractivity contribution in [3.63, 3.8) is 0 Å². The Morgan fingerprint density at radius 2 is 1.43 bits per heavy atom. The Morgan fingerprint density at radius 1 is 1.07 bits per heavy atom. The van der Waals surface area contributed by atoms with E-state index in [4.69, 9.17) is 0 Å². The zero-order valence-corrected chi connectivity index (χ0v) is 12.0. The fraction of sp³-hybridized carbons (Fsp3) is 0.727. The summed E-state index contributed by atoms with van der Waals surface area (Å²) >= 11 is 2.20. The van der Waals surface area contributed by atoms with Crippen molar-refractivity contribution in [1.29, 1.82) is 0 Å². The van der Waals surface area contributed by atoms with Gasteiger partial charge in [-0.25, -0.2) is 0 Å². The summed E-state index contributed by atoms with van der Waals surface area (Å²) in [5.41, 5.74) is 0.855. The van der Waals surface area contributed by atoms with Gasteiger partial charge in [0.15, 0.2) is 0 Å². The lowest BCUT2D eigenvalue weighted by atomic mass is 10.1. The number of amides is 1. The van der Waals surface area contributed by atoms with Crippen LogP contribution in [0.2, 0.25) is 0 Å². The highest BCUT2D eigenvalue weighted by atomic mass is 127. The Kier molecular flexibility index (Phi) is 5.71. The highest BCUT2D eigenvalue weighted by Gasteiger charge is 2.21. The zero-order chi connectivity index (χ0) is 11.5. The van der Waals surface area contributed by atoms with Crippen molar-refractivity contribution in [2.45, 2.75) is 53.6 Å². The number of carbonyl (C=O) groups is 1. The Morgan fingerprint density at radius 3 is 1.64 bits per heavy atom. The minimum absolute atomic E-state index is 0.155. The van der Waals surface area contributed by atoms with Crippen LogP contribution >= 0.6 is 22.6 Å². The summed E-state index contributed by atoms with van der Waals surface area (Å²) < 4.78 is 1.07. The van der Waals surface area contributed by atoms with Gasteiger partial charge in [-0.2, -0.15) is 0 Å². The smallest absolute Gasteiger partial charge is 0.250 e. The van der Waals surface area contributed by atoms with Crippen molar-refractivity contribution in [1.82, 2.24) is 4.90 Å². The molecule has 0 rings (SSSR count). The second-order valence-electron chi connectivity index (χ2n) is 4.06. The molecule has 0 aliphatic rings. The molecule has 0 N–H and O–H groups in total. The molecule has 0 aliphatic carbocycles. The molecule has 0 spiro atoms. The van der Waals surface area contributed by atoms with E-state index in [9.17, 15) is 4.79 Å². The molecule has 0 aliphatic heterocycles. The van der Waals surface area contributed by atoms with Gasteiger partial charge in [0.1, 0.15) is 0 Å². The monoisotopic (exact) mass is 309 g/mol. The normalized spacial score (nSPS) is 13.2. The van der Waals surface area contributed by atoms with E-state index in [1.807, 2.05) is 46.4 Å². The van der Waals surface area contributed by atoms with Gasteiger partial charge in [0.2, 0.25) is 0 Å². The van der Waals surface area contributed by atoms with Crippen LogP contribution < -0.4 is 0 Å². The molecule has 1 amide bonds. The summed E-state index contributed by atoms with van der Waals surface area (Å²) in [5, 5.41) is 0. The fourth-order valence-electron chi connectivity index (χ4n) is 1.41. The van der Waals surface area contributed by atoms with E-state index >= 15 is 0 Å². The van der Waals surface area contributed by atoms with Crippen molar-refractivity contribution in [2.75, 3.05) is 0 Å². The average Bonchev–Trinajstić information content (AvgIpc) is 2.01. The van der Waals surface area contributed by atoms with E-state index in [1.165, 1.54) is 0 Å². The maximum Gasteiger partial charge on any atom is 0.250 e. The molecule has 0 aromatic rings. The largest absolute Gasteiger partial charge is 0.334 e. The summed E-state index contributed by atoms with van der Waals surface area (Å²) in [6, 6.07) is 0.515. The van der Waals surface area contributed by atoms with Crippen LogP contribution in [0.25, 0.3) is 0 Å². The van der Waals surface area contributed by atoms with Gasteiger partial charge >= 0.3 is 0 Å². The van der Waals surface area contributed by atoms with Crippen molar-refractivity contribution < 1.29 is 4.79 Å². The average molecular weight is 309 g/mol.